The highest BCUT2D eigenvalue weighted by atomic mass is 79.9. The van der Waals surface area contributed by atoms with Crippen LogP contribution in [-0.2, 0) is 0 Å². The van der Waals surface area contributed by atoms with Crippen molar-refractivity contribution < 1.29 is 18.3 Å². The number of alkyl halides is 2. The van der Waals surface area contributed by atoms with Gasteiger partial charge in [-0.05, 0) is 35.9 Å². The molecule has 152 valence electrons. The third kappa shape index (κ3) is 3.43. The minimum Gasteiger partial charge on any atom is -0.464 e. The molecule has 7 heteroatoms. The topological polar surface area (TPSA) is 34.1 Å². The van der Waals surface area contributed by atoms with E-state index in [9.17, 15) is 8.78 Å². The molecule has 0 radical (unpaired) electrons. The van der Waals surface area contributed by atoms with E-state index in [0.29, 0.717) is 12.0 Å². The average molecular weight is 471 g/mol. The molecule has 2 aliphatic rings. The Morgan fingerprint density at radius 3 is 2.43 bits per heavy atom. The molecule has 0 fully saturated rings. The fourth-order valence-corrected chi connectivity index (χ4v) is 4.21. The summed E-state index contributed by atoms with van der Waals surface area (Å²) in [5, 5.41) is 6.71. The molecule has 0 spiro atoms. The minimum absolute atomic E-state index is 0.0572. The quantitative estimate of drug-likeness (QED) is 0.449. The zero-order chi connectivity index (χ0) is 20.7. The molecule has 0 aromatic heterocycles. The van der Waals surface area contributed by atoms with E-state index in [1.807, 2.05) is 53.5 Å². The van der Waals surface area contributed by atoms with Gasteiger partial charge in [-0.3, -0.25) is 0 Å². The Bertz CT molecular complexity index is 1100. The van der Waals surface area contributed by atoms with Gasteiger partial charge in [-0.15, -0.1) is 0 Å². The van der Waals surface area contributed by atoms with Gasteiger partial charge in [-0.25, -0.2) is 5.01 Å². The van der Waals surface area contributed by atoms with Gasteiger partial charge in [0.15, 0.2) is 0 Å². The first-order valence-electron chi connectivity index (χ1n) is 9.51. The van der Waals surface area contributed by atoms with Crippen molar-refractivity contribution in [2.45, 2.75) is 25.3 Å². The van der Waals surface area contributed by atoms with Gasteiger partial charge >= 0.3 is 6.61 Å². The Balaban J connectivity index is 1.59. The second-order valence-electron chi connectivity index (χ2n) is 7.08. The van der Waals surface area contributed by atoms with Crippen molar-refractivity contribution >= 4 is 21.6 Å². The monoisotopic (exact) mass is 470 g/mol. The van der Waals surface area contributed by atoms with Gasteiger partial charge in [0.2, 0.25) is 6.23 Å². The van der Waals surface area contributed by atoms with E-state index >= 15 is 0 Å². The lowest BCUT2D eigenvalue weighted by Gasteiger charge is -2.38. The van der Waals surface area contributed by atoms with Gasteiger partial charge in [-0.1, -0.05) is 58.4 Å². The van der Waals surface area contributed by atoms with E-state index in [0.717, 1.165) is 27.1 Å². The lowest BCUT2D eigenvalue weighted by molar-refractivity contribution is -0.0578. The first kappa shape index (κ1) is 19.1. The average Bonchev–Trinajstić information content (AvgIpc) is 3.19. The Kier molecular flexibility index (Phi) is 4.90. The number of hydrogen-bond acceptors (Lipinski definition) is 4. The molecule has 30 heavy (non-hydrogen) atoms. The Hall–Kier alpha value is -2.93. The van der Waals surface area contributed by atoms with Crippen LogP contribution in [0.3, 0.4) is 0 Å². The van der Waals surface area contributed by atoms with Crippen LogP contribution in [0.25, 0.3) is 0 Å². The molecule has 0 saturated carbocycles. The maximum Gasteiger partial charge on any atom is 0.387 e. The number of hydrogen-bond donors (Lipinski definition) is 0. The summed E-state index contributed by atoms with van der Waals surface area (Å²) in [5.41, 5.74) is 3.47. The summed E-state index contributed by atoms with van der Waals surface area (Å²) < 4.78 is 38.0. The number of hydrazone groups is 1. The summed E-state index contributed by atoms with van der Waals surface area (Å²) in [6.45, 7) is -2.92. The van der Waals surface area contributed by atoms with Gasteiger partial charge in [0.05, 0.1) is 17.3 Å². The van der Waals surface area contributed by atoms with Crippen LogP contribution in [0, 0.1) is 0 Å². The maximum absolute atomic E-state index is 13.0. The molecule has 4 nitrogen and oxygen atoms in total. The van der Waals surface area contributed by atoms with Crippen LogP contribution in [0.15, 0.2) is 82.4 Å². The van der Waals surface area contributed by atoms with Crippen molar-refractivity contribution in [1.82, 2.24) is 5.01 Å². The third-order valence-electron chi connectivity index (χ3n) is 5.28. The van der Waals surface area contributed by atoms with Crippen LogP contribution in [0.2, 0.25) is 0 Å². The molecule has 0 bridgehead atoms. The van der Waals surface area contributed by atoms with Crippen molar-refractivity contribution in [3.8, 4) is 11.5 Å². The fraction of sp³-hybridized carbons (Fsp3) is 0.174. The smallest absolute Gasteiger partial charge is 0.387 e. The van der Waals surface area contributed by atoms with Gasteiger partial charge in [0.25, 0.3) is 0 Å². The molecule has 0 aliphatic carbocycles. The standard InChI is InChI=1S/C23H17BrF2N2O2/c24-15-11-9-14(10-12-15)18-13-19-16-5-1-3-7-20(16)29-22(28(19)27-18)17-6-2-4-8-21(17)30-23(25)26/h1-12,19,22-23H,13H2/t19-,22-/m0/s1. The Morgan fingerprint density at radius 2 is 1.67 bits per heavy atom. The number of benzene rings is 3. The summed E-state index contributed by atoms with van der Waals surface area (Å²) in [5.74, 6) is 0.811. The zero-order valence-corrected chi connectivity index (χ0v) is 17.3. The molecule has 2 heterocycles. The van der Waals surface area contributed by atoms with Crippen LogP contribution in [0.4, 0.5) is 8.78 Å². The molecule has 0 N–H and O–H groups in total. The molecule has 3 aromatic carbocycles. The van der Waals surface area contributed by atoms with Gasteiger partial charge < -0.3 is 9.47 Å². The lowest BCUT2D eigenvalue weighted by Crippen LogP contribution is -2.34. The number of nitrogens with zero attached hydrogens (tertiary/aromatic N) is 2. The summed E-state index contributed by atoms with van der Waals surface area (Å²) in [7, 11) is 0. The maximum atomic E-state index is 13.0. The molecule has 3 aromatic rings. The zero-order valence-electron chi connectivity index (χ0n) is 15.7. The normalized spacial score (nSPS) is 19.7. The Labute approximate surface area is 180 Å². The van der Waals surface area contributed by atoms with Gasteiger partial charge in [0.1, 0.15) is 11.5 Å². The first-order chi connectivity index (χ1) is 14.6. The van der Waals surface area contributed by atoms with Crippen LogP contribution in [-0.4, -0.2) is 17.3 Å². The third-order valence-corrected chi connectivity index (χ3v) is 5.81. The molecule has 0 amide bonds. The fourth-order valence-electron chi connectivity index (χ4n) is 3.94. The van der Waals surface area contributed by atoms with Crippen LogP contribution in [0.1, 0.15) is 35.4 Å². The molecule has 5 rings (SSSR count). The van der Waals surface area contributed by atoms with Crippen molar-refractivity contribution in [1.29, 1.82) is 0 Å². The predicted molar refractivity (Wildman–Crippen MR) is 113 cm³/mol. The largest absolute Gasteiger partial charge is 0.464 e. The van der Waals surface area contributed by atoms with E-state index in [4.69, 9.17) is 14.6 Å². The molecule has 0 unspecified atom stereocenters. The van der Waals surface area contributed by atoms with Crippen molar-refractivity contribution in [2.24, 2.45) is 5.10 Å². The van der Waals surface area contributed by atoms with Gasteiger partial charge in [-0.2, -0.15) is 13.9 Å². The molecule has 2 aliphatic heterocycles. The molecule has 0 saturated heterocycles. The van der Waals surface area contributed by atoms with Crippen molar-refractivity contribution in [3.63, 3.8) is 0 Å². The van der Waals surface area contributed by atoms with E-state index in [1.165, 1.54) is 6.07 Å². The van der Waals surface area contributed by atoms with Crippen molar-refractivity contribution in [3.05, 3.63) is 94.0 Å². The number of fused-ring (bicyclic) bond motifs is 3. The van der Waals surface area contributed by atoms with E-state index < -0.39 is 12.8 Å². The van der Waals surface area contributed by atoms with Crippen LogP contribution >= 0.6 is 15.9 Å². The highest BCUT2D eigenvalue weighted by Crippen LogP contribution is 2.48. The van der Waals surface area contributed by atoms with Crippen LogP contribution in [0.5, 0.6) is 11.5 Å². The number of halogens is 3. The van der Waals surface area contributed by atoms with Crippen LogP contribution < -0.4 is 9.47 Å². The second-order valence-corrected chi connectivity index (χ2v) is 7.99. The van der Waals surface area contributed by atoms with Crippen molar-refractivity contribution in [2.75, 3.05) is 0 Å². The summed E-state index contributed by atoms with van der Waals surface area (Å²) >= 11 is 3.46. The molecule has 2 atom stereocenters. The summed E-state index contributed by atoms with van der Waals surface area (Å²) in [6, 6.07) is 22.4. The van der Waals surface area contributed by atoms with E-state index in [1.54, 1.807) is 18.2 Å². The van der Waals surface area contributed by atoms with E-state index in [2.05, 4.69) is 15.9 Å². The van der Waals surface area contributed by atoms with E-state index in [-0.39, 0.29) is 11.8 Å². The Morgan fingerprint density at radius 1 is 0.967 bits per heavy atom. The second kappa shape index (κ2) is 7.72. The minimum atomic E-state index is -2.92. The molecular formula is C23H17BrF2N2O2. The highest BCUT2D eigenvalue weighted by molar-refractivity contribution is 9.10. The summed E-state index contributed by atoms with van der Waals surface area (Å²) in [4.78, 5) is 0. The predicted octanol–water partition coefficient (Wildman–Crippen LogP) is 6.29. The van der Waals surface area contributed by atoms with Gasteiger partial charge in [0, 0.05) is 16.5 Å². The number of rotatable bonds is 4. The number of ether oxygens (including phenoxy) is 2. The summed E-state index contributed by atoms with van der Waals surface area (Å²) in [6.07, 6.45) is 0.0175. The highest BCUT2D eigenvalue weighted by Gasteiger charge is 2.41. The first-order valence-corrected chi connectivity index (χ1v) is 10.3. The SMILES string of the molecule is FC(F)Oc1ccccc1[C@@H]1Oc2ccccc2[C@@H]2CC(c3ccc(Br)cc3)=NN21. The lowest BCUT2D eigenvalue weighted by atomic mass is 9.96. The number of para-hydroxylation sites is 2. The molecular weight excluding hydrogens is 454 g/mol.